The second-order valence-electron chi connectivity index (χ2n) is 7.01. The SMILES string of the molecule is N#CC1CN(C(=O)c2ccc(-c3cccn4c(=O)c(Br)c(C(F)(F)F)nc34)cc2)CCO1. The summed E-state index contributed by atoms with van der Waals surface area (Å²) >= 11 is 2.70. The first-order valence-corrected chi connectivity index (χ1v) is 10.2. The first kappa shape index (κ1) is 22.0. The molecule has 1 aromatic carbocycles. The zero-order valence-electron chi connectivity index (χ0n) is 16.3. The van der Waals surface area contributed by atoms with Crippen LogP contribution in [-0.4, -0.2) is 46.0 Å². The number of carbonyl (C=O) groups is 1. The van der Waals surface area contributed by atoms with Gasteiger partial charge in [-0.2, -0.15) is 18.4 Å². The lowest BCUT2D eigenvalue weighted by molar-refractivity contribution is -0.141. The summed E-state index contributed by atoms with van der Waals surface area (Å²) in [6.45, 7) is 0.766. The number of pyridine rings is 1. The van der Waals surface area contributed by atoms with Gasteiger partial charge in [-0.15, -0.1) is 0 Å². The molecule has 1 unspecified atom stereocenters. The largest absolute Gasteiger partial charge is 0.434 e. The molecule has 0 bridgehead atoms. The molecule has 0 saturated carbocycles. The van der Waals surface area contributed by atoms with Crippen molar-refractivity contribution in [3.8, 4) is 17.2 Å². The van der Waals surface area contributed by atoms with Gasteiger partial charge in [0.2, 0.25) is 0 Å². The van der Waals surface area contributed by atoms with Crippen molar-refractivity contribution in [1.82, 2.24) is 14.3 Å². The summed E-state index contributed by atoms with van der Waals surface area (Å²) < 4.78 is 45.7. The van der Waals surface area contributed by atoms with Crippen LogP contribution in [0.5, 0.6) is 0 Å². The van der Waals surface area contributed by atoms with Gasteiger partial charge >= 0.3 is 6.18 Å². The number of benzene rings is 1. The number of hydrogen-bond donors (Lipinski definition) is 0. The van der Waals surface area contributed by atoms with Crippen molar-refractivity contribution in [2.45, 2.75) is 12.3 Å². The van der Waals surface area contributed by atoms with Gasteiger partial charge in [-0.1, -0.05) is 12.1 Å². The third-order valence-electron chi connectivity index (χ3n) is 5.01. The van der Waals surface area contributed by atoms with Crippen LogP contribution in [0.3, 0.4) is 0 Å². The molecule has 1 saturated heterocycles. The van der Waals surface area contributed by atoms with Crippen LogP contribution in [0.1, 0.15) is 16.1 Å². The molecule has 0 radical (unpaired) electrons. The lowest BCUT2D eigenvalue weighted by atomic mass is 10.0. The summed E-state index contributed by atoms with van der Waals surface area (Å²) in [6, 6.07) is 11.3. The number of carbonyl (C=O) groups excluding carboxylic acids is 1. The zero-order chi connectivity index (χ0) is 23.0. The molecule has 0 N–H and O–H groups in total. The minimum Gasteiger partial charge on any atom is -0.360 e. The Hall–Kier alpha value is -3.23. The lowest BCUT2D eigenvalue weighted by Gasteiger charge is -2.29. The number of aromatic nitrogens is 2. The Morgan fingerprint density at radius 3 is 2.62 bits per heavy atom. The van der Waals surface area contributed by atoms with E-state index < -0.39 is 28.0 Å². The summed E-state index contributed by atoms with van der Waals surface area (Å²) in [5.41, 5.74) is -1.19. The molecule has 1 aliphatic heterocycles. The number of halogens is 4. The van der Waals surface area contributed by atoms with E-state index in [1.807, 2.05) is 6.07 Å². The number of morpholine rings is 1. The van der Waals surface area contributed by atoms with Crippen LogP contribution in [0.25, 0.3) is 16.8 Å². The maximum absolute atomic E-state index is 13.4. The topological polar surface area (TPSA) is 87.7 Å². The Balaban J connectivity index is 1.72. The molecule has 3 heterocycles. The van der Waals surface area contributed by atoms with Crippen molar-refractivity contribution in [3.63, 3.8) is 0 Å². The number of nitrogens with zero attached hydrogens (tertiary/aromatic N) is 4. The Kier molecular flexibility index (Phi) is 5.75. The third kappa shape index (κ3) is 3.99. The van der Waals surface area contributed by atoms with Crippen LogP contribution in [0.15, 0.2) is 51.9 Å². The Morgan fingerprint density at radius 2 is 1.97 bits per heavy atom. The van der Waals surface area contributed by atoms with Gasteiger partial charge in [0.15, 0.2) is 11.8 Å². The van der Waals surface area contributed by atoms with Gasteiger partial charge in [-0.3, -0.25) is 14.0 Å². The van der Waals surface area contributed by atoms with E-state index in [0.29, 0.717) is 23.2 Å². The van der Waals surface area contributed by atoms with Gasteiger partial charge in [-0.05, 0) is 45.8 Å². The van der Waals surface area contributed by atoms with Crippen LogP contribution >= 0.6 is 15.9 Å². The number of ether oxygens (including phenoxy) is 1. The smallest absolute Gasteiger partial charge is 0.360 e. The first-order valence-electron chi connectivity index (χ1n) is 9.39. The summed E-state index contributed by atoms with van der Waals surface area (Å²) in [4.78, 5) is 30.4. The molecule has 1 aliphatic rings. The number of rotatable bonds is 2. The fourth-order valence-corrected chi connectivity index (χ4v) is 3.94. The second kappa shape index (κ2) is 8.37. The molecule has 4 rings (SSSR count). The second-order valence-corrected chi connectivity index (χ2v) is 7.80. The highest BCUT2D eigenvalue weighted by molar-refractivity contribution is 9.10. The number of fused-ring (bicyclic) bond motifs is 1. The van der Waals surface area contributed by atoms with E-state index in [0.717, 1.165) is 4.40 Å². The van der Waals surface area contributed by atoms with Crippen LogP contribution in [0, 0.1) is 11.3 Å². The molecule has 2 aromatic heterocycles. The number of nitriles is 1. The minimum absolute atomic E-state index is 0.155. The van der Waals surface area contributed by atoms with Gasteiger partial charge < -0.3 is 9.64 Å². The highest BCUT2D eigenvalue weighted by Gasteiger charge is 2.37. The summed E-state index contributed by atoms with van der Waals surface area (Å²) in [6.07, 6.45) is -4.16. The molecule has 1 fully saturated rings. The van der Waals surface area contributed by atoms with E-state index >= 15 is 0 Å². The summed E-state index contributed by atoms with van der Waals surface area (Å²) in [5.74, 6) is -0.282. The van der Waals surface area contributed by atoms with Crippen LogP contribution < -0.4 is 5.56 Å². The highest BCUT2D eigenvalue weighted by atomic mass is 79.9. The molecule has 164 valence electrons. The molecule has 1 atom stereocenters. The summed E-state index contributed by atoms with van der Waals surface area (Å²) in [7, 11) is 0. The molecule has 3 aromatic rings. The van der Waals surface area contributed by atoms with Crippen molar-refractivity contribution in [2.75, 3.05) is 19.7 Å². The van der Waals surface area contributed by atoms with Crippen LogP contribution in [0.4, 0.5) is 13.2 Å². The van der Waals surface area contributed by atoms with Gasteiger partial charge in [0, 0.05) is 23.9 Å². The first-order chi connectivity index (χ1) is 15.2. The van der Waals surface area contributed by atoms with Crippen molar-refractivity contribution >= 4 is 27.5 Å². The number of amides is 1. The molecule has 11 heteroatoms. The standard InChI is InChI=1S/C21H14BrF3N4O3/c22-16-17(21(23,24)25)27-18-15(2-1-7-29(18)20(16)31)12-3-5-13(6-4-12)19(30)28-8-9-32-14(10-26)11-28/h1-7,14H,8-9,11H2. The van der Waals surface area contributed by atoms with E-state index in [9.17, 15) is 22.8 Å². The van der Waals surface area contributed by atoms with E-state index in [1.54, 1.807) is 30.3 Å². The molecule has 1 amide bonds. The van der Waals surface area contributed by atoms with Gasteiger partial charge in [0.05, 0.1) is 19.2 Å². The average molecular weight is 507 g/mol. The molecular weight excluding hydrogens is 493 g/mol. The van der Waals surface area contributed by atoms with Crippen molar-refractivity contribution in [3.05, 3.63) is 68.7 Å². The quantitative estimate of drug-likeness (QED) is 0.530. The lowest BCUT2D eigenvalue weighted by Crippen LogP contribution is -2.45. The number of alkyl halides is 3. The maximum atomic E-state index is 13.4. The van der Waals surface area contributed by atoms with Gasteiger partial charge in [0.25, 0.3) is 11.5 Å². The van der Waals surface area contributed by atoms with Crippen molar-refractivity contribution in [1.29, 1.82) is 5.26 Å². The van der Waals surface area contributed by atoms with Gasteiger partial charge in [0.1, 0.15) is 10.1 Å². The van der Waals surface area contributed by atoms with Gasteiger partial charge in [-0.25, -0.2) is 4.98 Å². The Morgan fingerprint density at radius 1 is 1.25 bits per heavy atom. The normalized spacial score (nSPS) is 16.7. The predicted molar refractivity (Wildman–Crippen MR) is 111 cm³/mol. The van der Waals surface area contributed by atoms with E-state index in [4.69, 9.17) is 10.00 Å². The Labute approximate surface area is 187 Å². The van der Waals surface area contributed by atoms with Crippen LogP contribution in [0.2, 0.25) is 0 Å². The van der Waals surface area contributed by atoms with E-state index in [-0.39, 0.29) is 24.7 Å². The molecule has 32 heavy (non-hydrogen) atoms. The van der Waals surface area contributed by atoms with Crippen molar-refractivity contribution in [2.24, 2.45) is 0 Å². The van der Waals surface area contributed by atoms with Crippen molar-refractivity contribution < 1.29 is 22.7 Å². The predicted octanol–water partition coefficient (Wildman–Crippen LogP) is 3.51. The average Bonchev–Trinajstić information content (AvgIpc) is 2.80. The third-order valence-corrected chi connectivity index (χ3v) is 5.72. The number of hydrogen-bond acceptors (Lipinski definition) is 5. The van der Waals surface area contributed by atoms with Crippen LogP contribution in [-0.2, 0) is 10.9 Å². The zero-order valence-corrected chi connectivity index (χ0v) is 17.9. The molecule has 7 nitrogen and oxygen atoms in total. The minimum atomic E-state index is -4.81. The monoisotopic (exact) mass is 506 g/mol. The Bertz CT molecular complexity index is 1300. The summed E-state index contributed by atoms with van der Waals surface area (Å²) in [5, 5.41) is 9.00. The molecule has 0 aliphatic carbocycles. The molecule has 0 spiro atoms. The van der Waals surface area contributed by atoms with E-state index in [1.165, 1.54) is 17.2 Å². The van der Waals surface area contributed by atoms with E-state index in [2.05, 4.69) is 20.9 Å². The fraction of sp³-hybridized carbons (Fsp3) is 0.238. The maximum Gasteiger partial charge on any atom is 0.434 e. The fourth-order valence-electron chi connectivity index (χ4n) is 3.44. The highest BCUT2D eigenvalue weighted by Crippen LogP contribution is 2.33. The molecular formula is C21H14BrF3N4O3.